The number of halogens is 3. The van der Waals surface area contributed by atoms with Crippen LogP contribution in [0.1, 0.15) is 40.0 Å². The van der Waals surface area contributed by atoms with Crippen molar-refractivity contribution < 1.29 is 18.0 Å². The average molecular weight is 467 g/mol. The first kappa shape index (κ1) is 22.3. The van der Waals surface area contributed by atoms with Gasteiger partial charge < -0.3 is 10.2 Å². The number of likely N-dealkylation sites (tertiary alicyclic amines) is 1. The molecule has 2 aliphatic rings. The van der Waals surface area contributed by atoms with Crippen LogP contribution >= 0.6 is 0 Å². The van der Waals surface area contributed by atoms with Crippen LogP contribution in [0.25, 0.3) is 11.4 Å². The third-order valence-corrected chi connectivity index (χ3v) is 6.67. The number of piperidine rings is 1. The van der Waals surface area contributed by atoms with Gasteiger partial charge in [0.05, 0.1) is 22.9 Å². The molecule has 5 rings (SSSR count). The summed E-state index contributed by atoms with van der Waals surface area (Å²) in [5.41, 5.74) is 2.71. The molecular weight excluding hydrogens is 443 g/mol. The number of carbonyl (C=O) groups excluding carboxylic acids is 1. The number of aromatic nitrogens is 3. The first-order chi connectivity index (χ1) is 16.2. The van der Waals surface area contributed by atoms with Gasteiger partial charge in [-0.3, -0.25) is 14.8 Å². The summed E-state index contributed by atoms with van der Waals surface area (Å²) in [6.07, 6.45) is -0.211. The lowest BCUT2D eigenvalue weighted by atomic mass is 10.0. The Balaban J connectivity index is 1.39. The van der Waals surface area contributed by atoms with Crippen LogP contribution in [0.2, 0.25) is 0 Å². The van der Waals surface area contributed by atoms with E-state index >= 15 is 0 Å². The summed E-state index contributed by atoms with van der Waals surface area (Å²) in [7, 11) is 0. The number of hydrogen-bond donors (Lipinski definition) is 1. The summed E-state index contributed by atoms with van der Waals surface area (Å²) in [5.74, 6) is 0.603. The highest BCUT2D eigenvalue weighted by molar-refractivity contribution is 6.00. The van der Waals surface area contributed by atoms with Gasteiger partial charge in [0.15, 0.2) is 0 Å². The number of hydrogen-bond acceptors (Lipinski definition) is 5. The smallest absolute Gasteiger partial charge is 0.365 e. The van der Waals surface area contributed by atoms with Crippen molar-refractivity contribution in [2.24, 2.45) is 5.92 Å². The second kappa shape index (κ2) is 8.38. The van der Waals surface area contributed by atoms with Crippen molar-refractivity contribution >= 4 is 11.7 Å². The summed E-state index contributed by atoms with van der Waals surface area (Å²) in [6.45, 7) is 4.47. The standard InChI is InChI=1S/C25H24F3N5O/c1-14-4-3-9-29-22(14)23-18(7-5-15(2)31-23)24(34)33-13-16-10-19(20(33)11-16)32-21-8-6-17(12-30-21)25(26,27)28/h3-9,12,16,19-20H,10-11,13H2,1-2H3,(H,30,32). The van der Waals surface area contributed by atoms with Crippen molar-refractivity contribution in [1.82, 2.24) is 19.9 Å². The van der Waals surface area contributed by atoms with E-state index in [1.54, 1.807) is 12.3 Å². The van der Waals surface area contributed by atoms with E-state index in [2.05, 4.69) is 20.3 Å². The number of nitrogens with one attached hydrogen (secondary N) is 1. The number of anilines is 1. The first-order valence-corrected chi connectivity index (χ1v) is 11.2. The third kappa shape index (κ3) is 4.10. The van der Waals surface area contributed by atoms with E-state index in [-0.39, 0.29) is 18.0 Å². The number of aryl methyl sites for hydroxylation is 2. The quantitative estimate of drug-likeness (QED) is 0.592. The number of amides is 1. The summed E-state index contributed by atoms with van der Waals surface area (Å²) in [5, 5.41) is 3.25. The van der Waals surface area contributed by atoms with Gasteiger partial charge in [0.2, 0.25) is 0 Å². The van der Waals surface area contributed by atoms with E-state index in [1.807, 2.05) is 36.9 Å². The van der Waals surface area contributed by atoms with Crippen molar-refractivity contribution in [3.63, 3.8) is 0 Å². The third-order valence-electron chi connectivity index (χ3n) is 6.67. The Morgan fingerprint density at radius 3 is 2.56 bits per heavy atom. The molecule has 1 aliphatic carbocycles. The highest BCUT2D eigenvalue weighted by Gasteiger charge is 2.47. The maximum atomic E-state index is 13.7. The number of nitrogens with zero attached hydrogens (tertiary/aromatic N) is 4. The Bertz CT molecular complexity index is 1230. The Labute approximate surface area is 195 Å². The van der Waals surface area contributed by atoms with Crippen molar-refractivity contribution in [2.45, 2.75) is 44.9 Å². The maximum absolute atomic E-state index is 13.7. The van der Waals surface area contributed by atoms with Gasteiger partial charge in [0.1, 0.15) is 11.5 Å². The number of alkyl halides is 3. The highest BCUT2D eigenvalue weighted by atomic mass is 19.4. The van der Waals surface area contributed by atoms with E-state index in [0.29, 0.717) is 35.2 Å². The summed E-state index contributed by atoms with van der Waals surface area (Å²) < 4.78 is 38.5. The molecule has 0 aromatic carbocycles. The van der Waals surface area contributed by atoms with Crippen LogP contribution < -0.4 is 5.32 Å². The predicted octanol–water partition coefficient (Wildman–Crippen LogP) is 4.89. The lowest BCUT2D eigenvalue weighted by molar-refractivity contribution is -0.137. The molecule has 1 saturated carbocycles. The van der Waals surface area contributed by atoms with E-state index in [9.17, 15) is 18.0 Å². The van der Waals surface area contributed by atoms with E-state index in [0.717, 1.165) is 36.4 Å². The van der Waals surface area contributed by atoms with Gasteiger partial charge in [-0.2, -0.15) is 13.2 Å². The SMILES string of the molecule is Cc1ccc(C(=O)N2CC3CC(Nc4ccc(C(F)(F)F)cn4)C2C3)c(-c2ncccc2C)n1. The lowest BCUT2D eigenvalue weighted by Gasteiger charge is -2.34. The molecule has 1 aliphatic heterocycles. The zero-order valence-corrected chi connectivity index (χ0v) is 18.8. The number of pyridine rings is 3. The second-order valence-electron chi connectivity index (χ2n) is 9.06. The van der Waals surface area contributed by atoms with Crippen LogP contribution in [0.3, 0.4) is 0 Å². The van der Waals surface area contributed by atoms with Crippen molar-refractivity contribution in [3.8, 4) is 11.4 Å². The van der Waals surface area contributed by atoms with Crippen LogP contribution in [0, 0.1) is 19.8 Å². The molecular formula is C25H24F3N5O. The zero-order chi connectivity index (χ0) is 24.0. The van der Waals surface area contributed by atoms with Crippen molar-refractivity contribution in [3.05, 3.63) is 71.2 Å². The first-order valence-electron chi connectivity index (χ1n) is 11.2. The van der Waals surface area contributed by atoms with Gasteiger partial charge in [-0.15, -0.1) is 0 Å². The molecule has 176 valence electrons. The van der Waals surface area contributed by atoms with Gasteiger partial charge in [0.25, 0.3) is 5.91 Å². The highest BCUT2D eigenvalue weighted by Crippen LogP contribution is 2.40. The lowest BCUT2D eigenvalue weighted by Crippen LogP contribution is -2.48. The van der Waals surface area contributed by atoms with Gasteiger partial charge in [-0.1, -0.05) is 6.07 Å². The Hall–Kier alpha value is -3.49. The van der Waals surface area contributed by atoms with Gasteiger partial charge in [0, 0.05) is 30.7 Å². The average Bonchev–Trinajstić information content (AvgIpc) is 3.39. The molecule has 0 radical (unpaired) electrons. The van der Waals surface area contributed by atoms with Crippen LogP contribution in [-0.4, -0.2) is 44.4 Å². The van der Waals surface area contributed by atoms with Crippen molar-refractivity contribution in [2.75, 3.05) is 11.9 Å². The minimum absolute atomic E-state index is 0.0689. The molecule has 34 heavy (non-hydrogen) atoms. The molecule has 6 nitrogen and oxygen atoms in total. The molecule has 3 unspecified atom stereocenters. The van der Waals surface area contributed by atoms with Gasteiger partial charge in [-0.25, -0.2) is 4.98 Å². The topological polar surface area (TPSA) is 71.0 Å². The summed E-state index contributed by atoms with van der Waals surface area (Å²) in [6, 6.07) is 9.63. The van der Waals surface area contributed by atoms with Crippen molar-refractivity contribution in [1.29, 1.82) is 0 Å². The predicted molar refractivity (Wildman–Crippen MR) is 121 cm³/mol. The normalized spacial score (nSPS) is 21.7. The molecule has 4 heterocycles. The van der Waals surface area contributed by atoms with Crippen LogP contribution in [0.5, 0.6) is 0 Å². The molecule has 1 amide bonds. The molecule has 3 atom stereocenters. The molecule has 0 spiro atoms. The molecule has 3 aromatic heterocycles. The molecule has 3 aromatic rings. The number of rotatable bonds is 4. The zero-order valence-electron chi connectivity index (χ0n) is 18.8. The minimum Gasteiger partial charge on any atom is -0.365 e. The summed E-state index contributed by atoms with van der Waals surface area (Å²) in [4.78, 5) is 28.6. The van der Waals surface area contributed by atoms with E-state index in [4.69, 9.17) is 0 Å². The molecule has 1 N–H and O–H groups in total. The largest absolute Gasteiger partial charge is 0.417 e. The fourth-order valence-electron chi connectivity index (χ4n) is 5.05. The van der Waals surface area contributed by atoms with E-state index < -0.39 is 11.7 Å². The van der Waals surface area contributed by atoms with Crippen LogP contribution in [-0.2, 0) is 6.18 Å². The van der Waals surface area contributed by atoms with Crippen LogP contribution in [0.15, 0.2) is 48.8 Å². The number of carbonyl (C=O) groups is 1. The van der Waals surface area contributed by atoms with E-state index in [1.165, 1.54) is 6.07 Å². The molecule has 2 fully saturated rings. The fourth-order valence-corrected chi connectivity index (χ4v) is 5.05. The Kier molecular flexibility index (Phi) is 5.50. The van der Waals surface area contributed by atoms with Crippen LogP contribution in [0.4, 0.5) is 19.0 Å². The summed E-state index contributed by atoms with van der Waals surface area (Å²) >= 11 is 0. The second-order valence-corrected chi connectivity index (χ2v) is 9.06. The van der Waals surface area contributed by atoms with Gasteiger partial charge in [-0.05, 0) is 68.5 Å². The molecule has 1 saturated heterocycles. The monoisotopic (exact) mass is 467 g/mol. The molecule has 9 heteroatoms. The Morgan fingerprint density at radius 1 is 1.06 bits per heavy atom. The Morgan fingerprint density at radius 2 is 1.88 bits per heavy atom. The maximum Gasteiger partial charge on any atom is 0.417 e. The molecule has 2 bridgehead atoms. The minimum atomic E-state index is -4.42. The number of fused-ring (bicyclic) bond motifs is 2. The van der Waals surface area contributed by atoms with Gasteiger partial charge >= 0.3 is 6.18 Å². The fraction of sp³-hybridized carbons (Fsp3) is 0.360.